The quantitative estimate of drug-likeness (QED) is 0.824. The number of hydrogen-bond acceptors (Lipinski definition) is 3. The van der Waals surface area contributed by atoms with Crippen molar-refractivity contribution in [1.82, 2.24) is 10.6 Å². The Hall–Kier alpha value is -1.55. The zero-order chi connectivity index (χ0) is 12.3. The van der Waals surface area contributed by atoms with Crippen molar-refractivity contribution >= 4 is 5.91 Å². The first kappa shape index (κ1) is 11.9. The number of para-hydroxylation sites is 1. The Labute approximate surface area is 101 Å². The van der Waals surface area contributed by atoms with Gasteiger partial charge in [-0.3, -0.25) is 4.79 Å². The van der Waals surface area contributed by atoms with E-state index in [1.807, 2.05) is 38.1 Å². The normalized spacial score (nSPS) is 17.7. The van der Waals surface area contributed by atoms with E-state index in [0.717, 1.165) is 11.3 Å². The van der Waals surface area contributed by atoms with Crippen molar-refractivity contribution in [2.24, 2.45) is 0 Å². The van der Waals surface area contributed by atoms with Gasteiger partial charge >= 0.3 is 0 Å². The highest BCUT2D eigenvalue weighted by Gasteiger charge is 2.24. The molecule has 1 aromatic rings. The highest BCUT2D eigenvalue weighted by molar-refractivity contribution is 5.78. The number of nitrogens with one attached hydrogen (secondary N) is 2. The SMILES string of the molecule is CC(C)NCC(=O)NC1COc2ccccc21. The van der Waals surface area contributed by atoms with E-state index >= 15 is 0 Å². The van der Waals surface area contributed by atoms with E-state index in [-0.39, 0.29) is 11.9 Å². The number of amides is 1. The van der Waals surface area contributed by atoms with Gasteiger partial charge in [0.15, 0.2) is 0 Å². The number of carbonyl (C=O) groups is 1. The molecule has 1 aliphatic heterocycles. The van der Waals surface area contributed by atoms with Gasteiger partial charge in [0.2, 0.25) is 5.91 Å². The fourth-order valence-electron chi connectivity index (χ4n) is 1.82. The van der Waals surface area contributed by atoms with Gasteiger partial charge in [0.25, 0.3) is 0 Å². The maximum Gasteiger partial charge on any atom is 0.234 e. The molecule has 1 amide bonds. The summed E-state index contributed by atoms with van der Waals surface area (Å²) in [7, 11) is 0. The molecule has 0 saturated heterocycles. The fourth-order valence-corrected chi connectivity index (χ4v) is 1.82. The Kier molecular flexibility index (Phi) is 3.64. The van der Waals surface area contributed by atoms with Gasteiger partial charge in [-0.1, -0.05) is 32.0 Å². The second-order valence-electron chi connectivity index (χ2n) is 4.50. The first-order valence-corrected chi connectivity index (χ1v) is 5.91. The Bertz CT molecular complexity index is 404. The number of carbonyl (C=O) groups excluding carboxylic acids is 1. The molecule has 2 N–H and O–H groups in total. The van der Waals surface area contributed by atoms with E-state index in [4.69, 9.17) is 4.74 Å². The van der Waals surface area contributed by atoms with Crippen molar-refractivity contribution in [1.29, 1.82) is 0 Å². The molecule has 1 atom stereocenters. The summed E-state index contributed by atoms with van der Waals surface area (Å²) in [5.41, 5.74) is 1.06. The van der Waals surface area contributed by atoms with Crippen molar-refractivity contribution in [3.8, 4) is 5.75 Å². The molecule has 4 heteroatoms. The smallest absolute Gasteiger partial charge is 0.234 e. The summed E-state index contributed by atoms with van der Waals surface area (Å²) in [6.45, 7) is 4.89. The number of hydrogen-bond donors (Lipinski definition) is 2. The summed E-state index contributed by atoms with van der Waals surface area (Å²) in [4.78, 5) is 11.7. The average molecular weight is 234 g/mol. The van der Waals surface area contributed by atoms with Gasteiger partial charge in [-0.05, 0) is 6.07 Å². The minimum Gasteiger partial charge on any atom is -0.491 e. The molecule has 0 aromatic heterocycles. The lowest BCUT2D eigenvalue weighted by atomic mass is 10.1. The highest BCUT2D eigenvalue weighted by atomic mass is 16.5. The molecule has 0 aliphatic carbocycles. The standard InChI is InChI=1S/C13H18N2O2/c1-9(2)14-7-13(16)15-11-8-17-12-6-4-3-5-10(11)12/h3-6,9,11,14H,7-8H2,1-2H3,(H,15,16). The predicted octanol–water partition coefficient (Wildman–Crippen LogP) is 1.23. The van der Waals surface area contributed by atoms with Crippen LogP contribution in [-0.4, -0.2) is 25.1 Å². The molecule has 0 saturated carbocycles. The Morgan fingerprint density at radius 2 is 2.24 bits per heavy atom. The lowest BCUT2D eigenvalue weighted by Gasteiger charge is -2.13. The van der Waals surface area contributed by atoms with Crippen molar-refractivity contribution in [2.45, 2.75) is 25.9 Å². The third kappa shape index (κ3) is 2.97. The largest absolute Gasteiger partial charge is 0.491 e. The molecule has 0 spiro atoms. The highest BCUT2D eigenvalue weighted by Crippen LogP contribution is 2.31. The number of fused-ring (bicyclic) bond motifs is 1. The maximum atomic E-state index is 11.7. The molecule has 0 bridgehead atoms. The Balaban J connectivity index is 1.91. The molecular formula is C13H18N2O2. The van der Waals surface area contributed by atoms with Gasteiger partial charge in [0, 0.05) is 11.6 Å². The molecule has 1 aromatic carbocycles. The lowest BCUT2D eigenvalue weighted by molar-refractivity contribution is -0.121. The predicted molar refractivity (Wildman–Crippen MR) is 66.0 cm³/mol. The Morgan fingerprint density at radius 3 is 3.00 bits per heavy atom. The lowest BCUT2D eigenvalue weighted by Crippen LogP contribution is -2.39. The van der Waals surface area contributed by atoms with Gasteiger partial charge in [0.1, 0.15) is 12.4 Å². The van der Waals surface area contributed by atoms with E-state index in [1.165, 1.54) is 0 Å². The zero-order valence-corrected chi connectivity index (χ0v) is 10.2. The molecule has 92 valence electrons. The third-order valence-corrected chi connectivity index (χ3v) is 2.71. The Morgan fingerprint density at radius 1 is 1.47 bits per heavy atom. The van der Waals surface area contributed by atoms with E-state index in [2.05, 4.69) is 10.6 Å². The van der Waals surface area contributed by atoms with Gasteiger partial charge in [-0.25, -0.2) is 0 Å². The summed E-state index contributed by atoms with van der Waals surface area (Å²) in [6.07, 6.45) is 0. The first-order valence-electron chi connectivity index (χ1n) is 5.91. The van der Waals surface area contributed by atoms with E-state index in [9.17, 15) is 4.79 Å². The number of rotatable bonds is 4. The first-order chi connectivity index (χ1) is 8.16. The van der Waals surface area contributed by atoms with Crippen LogP contribution in [0.1, 0.15) is 25.5 Å². The van der Waals surface area contributed by atoms with E-state index < -0.39 is 0 Å². The van der Waals surface area contributed by atoms with Crippen LogP contribution in [0.15, 0.2) is 24.3 Å². The van der Waals surface area contributed by atoms with Crippen molar-refractivity contribution in [2.75, 3.05) is 13.2 Å². The van der Waals surface area contributed by atoms with Crippen LogP contribution in [-0.2, 0) is 4.79 Å². The van der Waals surface area contributed by atoms with Crippen LogP contribution in [0.4, 0.5) is 0 Å². The summed E-state index contributed by atoms with van der Waals surface area (Å²) < 4.78 is 5.50. The van der Waals surface area contributed by atoms with Gasteiger partial charge < -0.3 is 15.4 Å². The van der Waals surface area contributed by atoms with Crippen LogP contribution in [0.5, 0.6) is 5.75 Å². The topological polar surface area (TPSA) is 50.4 Å². The van der Waals surface area contributed by atoms with Crippen molar-refractivity contribution in [3.63, 3.8) is 0 Å². The number of benzene rings is 1. The molecule has 1 unspecified atom stereocenters. The second-order valence-corrected chi connectivity index (χ2v) is 4.50. The zero-order valence-electron chi connectivity index (χ0n) is 10.2. The van der Waals surface area contributed by atoms with Crippen LogP contribution >= 0.6 is 0 Å². The molecule has 1 heterocycles. The van der Waals surface area contributed by atoms with Crippen LogP contribution < -0.4 is 15.4 Å². The minimum atomic E-state index is -0.0207. The monoisotopic (exact) mass is 234 g/mol. The molecular weight excluding hydrogens is 216 g/mol. The fraction of sp³-hybridized carbons (Fsp3) is 0.462. The van der Waals surface area contributed by atoms with Gasteiger partial charge in [-0.2, -0.15) is 0 Å². The van der Waals surface area contributed by atoms with E-state index in [0.29, 0.717) is 19.2 Å². The summed E-state index contributed by atoms with van der Waals surface area (Å²) in [6, 6.07) is 8.10. The van der Waals surface area contributed by atoms with Gasteiger partial charge in [-0.15, -0.1) is 0 Å². The molecule has 17 heavy (non-hydrogen) atoms. The second kappa shape index (κ2) is 5.19. The van der Waals surface area contributed by atoms with Crippen LogP contribution in [0, 0.1) is 0 Å². The van der Waals surface area contributed by atoms with Crippen molar-refractivity contribution < 1.29 is 9.53 Å². The van der Waals surface area contributed by atoms with Crippen LogP contribution in [0.3, 0.4) is 0 Å². The summed E-state index contributed by atoms with van der Waals surface area (Å²) in [5, 5.41) is 6.05. The molecule has 1 aliphatic rings. The summed E-state index contributed by atoms with van der Waals surface area (Å²) in [5.74, 6) is 0.874. The molecule has 2 rings (SSSR count). The average Bonchev–Trinajstić information content (AvgIpc) is 2.70. The third-order valence-electron chi connectivity index (χ3n) is 2.71. The molecule has 0 fully saturated rings. The van der Waals surface area contributed by atoms with Crippen molar-refractivity contribution in [3.05, 3.63) is 29.8 Å². The molecule has 0 radical (unpaired) electrons. The van der Waals surface area contributed by atoms with Crippen LogP contribution in [0.25, 0.3) is 0 Å². The maximum absolute atomic E-state index is 11.7. The van der Waals surface area contributed by atoms with Crippen LogP contribution in [0.2, 0.25) is 0 Å². The van der Waals surface area contributed by atoms with Gasteiger partial charge in [0.05, 0.1) is 12.6 Å². The minimum absolute atomic E-state index is 0.00371. The van der Waals surface area contributed by atoms with E-state index in [1.54, 1.807) is 0 Å². The number of ether oxygens (including phenoxy) is 1. The molecule has 4 nitrogen and oxygen atoms in total. The summed E-state index contributed by atoms with van der Waals surface area (Å²) >= 11 is 0.